The van der Waals surface area contributed by atoms with Crippen LogP contribution in [-0.2, 0) is 0 Å². The molecule has 0 N–H and O–H groups in total. The van der Waals surface area contributed by atoms with Crippen molar-refractivity contribution in [3.63, 3.8) is 0 Å². The van der Waals surface area contributed by atoms with E-state index in [0.717, 1.165) is 44.2 Å². The molecule has 65 heavy (non-hydrogen) atoms. The summed E-state index contributed by atoms with van der Waals surface area (Å²) in [4.78, 5) is 20.1. The highest BCUT2D eigenvalue weighted by molar-refractivity contribution is 7.26. The third-order valence-electron chi connectivity index (χ3n) is 12.6. The van der Waals surface area contributed by atoms with Gasteiger partial charge in [-0.15, -0.1) is 11.3 Å². The Morgan fingerprint density at radius 3 is 1.31 bits per heavy atom. The smallest absolute Gasteiger partial charge is 0.164 e. The van der Waals surface area contributed by atoms with Crippen LogP contribution >= 0.6 is 11.3 Å². The fourth-order valence-corrected chi connectivity index (χ4v) is 10.5. The van der Waals surface area contributed by atoms with Gasteiger partial charge in [-0.05, 0) is 92.3 Å². The summed E-state index contributed by atoms with van der Waals surface area (Å²) in [5, 5.41) is 10.9. The Morgan fingerprint density at radius 1 is 0.262 bits per heavy atom. The minimum Gasteiger partial charge on any atom is -0.247 e. The number of benzene rings is 10. The molecule has 0 fully saturated rings. The van der Waals surface area contributed by atoms with E-state index in [0.29, 0.717) is 17.5 Å². The summed E-state index contributed by atoms with van der Waals surface area (Å²) in [6.45, 7) is 0. The van der Waals surface area contributed by atoms with Crippen LogP contribution in [0.15, 0.2) is 218 Å². The Balaban J connectivity index is 0.856. The van der Waals surface area contributed by atoms with Gasteiger partial charge in [0.1, 0.15) is 0 Å². The van der Waals surface area contributed by atoms with E-state index >= 15 is 0 Å². The number of nitrogens with zero attached hydrogens (tertiary/aromatic N) is 4. The molecule has 0 aliphatic rings. The summed E-state index contributed by atoms with van der Waals surface area (Å²) in [6.07, 6.45) is 0. The molecule has 0 aliphatic carbocycles. The highest BCUT2D eigenvalue weighted by Crippen LogP contribution is 2.44. The average Bonchev–Trinajstić information content (AvgIpc) is 3.77. The molecule has 13 rings (SSSR count). The van der Waals surface area contributed by atoms with Gasteiger partial charge >= 0.3 is 0 Å². The van der Waals surface area contributed by atoms with Crippen LogP contribution in [-0.4, -0.2) is 19.9 Å². The molecule has 0 amide bonds. The van der Waals surface area contributed by atoms with Crippen molar-refractivity contribution in [2.24, 2.45) is 0 Å². The van der Waals surface area contributed by atoms with Gasteiger partial charge in [0.2, 0.25) is 0 Å². The molecule has 0 spiro atoms. The first-order valence-corrected chi connectivity index (χ1v) is 22.7. The molecular weight excluding hydrogens is 809 g/mol. The second-order valence-corrected chi connectivity index (χ2v) is 17.7. The number of hydrogen-bond donors (Lipinski definition) is 0. The maximum Gasteiger partial charge on any atom is 0.164 e. The van der Waals surface area contributed by atoms with E-state index in [1.807, 2.05) is 72.0 Å². The number of fused-ring (bicyclic) bond motifs is 9. The first-order valence-electron chi connectivity index (χ1n) is 21.9. The van der Waals surface area contributed by atoms with Gasteiger partial charge in [0.05, 0.1) is 11.2 Å². The summed E-state index contributed by atoms with van der Waals surface area (Å²) in [5.74, 6) is 1.96. The molecule has 0 unspecified atom stereocenters. The van der Waals surface area contributed by atoms with E-state index in [1.165, 1.54) is 69.4 Å². The van der Waals surface area contributed by atoms with Gasteiger partial charge in [-0.3, -0.25) is 0 Å². The van der Waals surface area contributed by atoms with Gasteiger partial charge < -0.3 is 0 Å². The van der Waals surface area contributed by atoms with Crippen molar-refractivity contribution in [1.29, 1.82) is 0 Å². The zero-order valence-corrected chi connectivity index (χ0v) is 35.8. The Morgan fingerprint density at radius 2 is 0.723 bits per heavy atom. The third-order valence-corrected chi connectivity index (χ3v) is 13.8. The lowest BCUT2D eigenvalue weighted by Crippen LogP contribution is -2.00. The van der Waals surface area contributed by atoms with E-state index in [9.17, 15) is 0 Å². The van der Waals surface area contributed by atoms with Gasteiger partial charge in [0.25, 0.3) is 0 Å². The Bertz CT molecular complexity index is 3940. The van der Waals surface area contributed by atoms with Crippen LogP contribution in [0.1, 0.15) is 0 Å². The van der Waals surface area contributed by atoms with Crippen LogP contribution in [0.5, 0.6) is 0 Å². The molecule has 3 aromatic heterocycles. The zero-order valence-electron chi connectivity index (χ0n) is 35.0. The van der Waals surface area contributed by atoms with E-state index < -0.39 is 0 Å². The fourth-order valence-electron chi connectivity index (χ4n) is 9.41. The number of thiophene rings is 1. The van der Waals surface area contributed by atoms with Crippen LogP contribution in [0.3, 0.4) is 0 Å². The minimum atomic E-state index is 0.650. The lowest BCUT2D eigenvalue weighted by atomic mass is 9.93. The number of rotatable bonds is 6. The second-order valence-electron chi connectivity index (χ2n) is 16.6. The monoisotopic (exact) mass is 844 g/mol. The standard InChI is InChI=1S/C60H36N4S/c1-4-12-37(13-5-1)57-50-29-31-54-56(49-18-10-11-19-53(49)65-54)55(50)51-36-47(28-30-52(51)61-57)45-24-22-41-32-40(20-21-43(41)34-45)42-23-25-46-35-48(27-26-44(46)33-42)60-63-58(38-14-6-2-7-15-38)62-59(64-60)39-16-8-3-9-17-39/h1-36H. The highest BCUT2D eigenvalue weighted by atomic mass is 32.1. The minimum absolute atomic E-state index is 0.650. The zero-order chi connectivity index (χ0) is 42.8. The predicted molar refractivity (Wildman–Crippen MR) is 273 cm³/mol. The molecule has 13 aromatic rings. The maximum atomic E-state index is 5.33. The lowest BCUT2D eigenvalue weighted by Gasteiger charge is -2.13. The quantitative estimate of drug-likeness (QED) is 0.156. The Kier molecular flexibility index (Phi) is 8.68. The van der Waals surface area contributed by atoms with Crippen LogP contribution in [0, 0.1) is 0 Å². The summed E-state index contributed by atoms with van der Waals surface area (Å²) in [7, 11) is 0. The van der Waals surface area contributed by atoms with Crippen molar-refractivity contribution in [2.45, 2.75) is 0 Å². The van der Waals surface area contributed by atoms with E-state index in [-0.39, 0.29) is 0 Å². The van der Waals surface area contributed by atoms with Crippen molar-refractivity contribution < 1.29 is 0 Å². The second kappa shape index (κ2) is 15.2. The maximum absolute atomic E-state index is 5.33. The van der Waals surface area contributed by atoms with Crippen LogP contribution in [0.4, 0.5) is 0 Å². The SMILES string of the molecule is c1ccc(-c2nc(-c3ccccc3)nc(-c3ccc4cc(-c5ccc6cc(-c7ccc8nc(-c9ccccc9)c9ccc%10sc%11ccccc%11c%10c9c8c7)ccc6c5)ccc4c3)n2)cc1. The summed E-state index contributed by atoms with van der Waals surface area (Å²) in [5.41, 5.74) is 10.7. The molecule has 3 heterocycles. The first-order chi connectivity index (χ1) is 32.2. The van der Waals surface area contributed by atoms with Gasteiger partial charge in [-0.2, -0.15) is 0 Å². The van der Waals surface area contributed by atoms with Crippen molar-refractivity contribution in [3.05, 3.63) is 218 Å². The summed E-state index contributed by atoms with van der Waals surface area (Å²) in [6, 6.07) is 77.7. The molecule has 0 saturated carbocycles. The van der Waals surface area contributed by atoms with E-state index in [2.05, 4.69) is 158 Å². The molecule has 0 saturated heterocycles. The highest BCUT2D eigenvalue weighted by Gasteiger charge is 2.18. The lowest BCUT2D eigenvalue weighted by molar-refractivity contribution is 1.07. The largest absolute Gasteiger partial charge is 0.247 e. The molecule has 302 valence electrons. The first kappa shape index (κ1) is 37.2. The average molecular weight is 845 g/mol. The number of pyridine rings is 1. The normalized spacial score (nSPS) is 11.7. The molecular formula is C60H36N4S. The van der Waals surface area contributed by atoms with Crippen LogP contribution in [0.25, 0.3) is 131 Å². The van der Waals surface area contributed by atoms with Gasteiger partial charge in [0.15, 0.2) is 17.5 Å². The molecule has 10 aromatic carbocycles. The van der Waals surface area contributed by atoms with Crippen molar-refractivity contribution in [2.75, 3.05) is 0 Å². The van der Waals surface area contributed by atoms with Crippen LogP contribution in [0.2, 0.25) is 0 Å². The molecule has 5 heteroatoms. The van der Waals surface area contributed by atoms with Gasteiger partial charge in [0, 0.05) is 58.6 Å². The van der Waals surface area contributed by atoms with Crippen LogP contribution < -0.4 is 0 Å². The van der Waals surface area contributed by atoms with Gasteiger partial charge in [-0.25, -0.2) is 19.9 Å². The molecule has 0 bridgehead atoms. The van der Waals surface area contributed by atoms with Crippen molar-refractivity contribution in [3.8, 4) is 67.7 Å². The molecule has 0 radical (unpaired) electrons. The van der Waals surface area contributed by atoms with Gasteiger partial charge in [-0.1, -0.05) is 170 Å². The molecule has 0 aliphatic heterocycles. The fraction of sp³-hybridized carbons (Fsp3) is 0. The van der Waals surface area contributed by atoms with E-state index in [1.54, 1.807) is 0 Å². The molecule has 0 atom stereocenters. The number of aromatic nitrogens is 4. The molecule has 4 nitrogen and oxygen atoms in total. The summed E-state index contributed by atoms with van der Waals surface area (Å²) < 4.78 is 2.60. The number of hydrogen-bond acceptors (Lipinski definition) is 5. The topological polar surface area (TPSA) is 51.6 Å². The summed E-state index contributed by atoms with van der Waals surface area (Å²) >= 11 is 1.86. The van der Waals surface area contributed by atoms with E-state index in [4.69, 9.17) is 19.9 Å². The Hall–Kier alpha value is -8.38. The third kappa shape index (κ3) is 6.52. The predicted octanol–water partition coefficient (Wildman–Crippen LogP) is 16.2. The van der Waals surface area contributed by atoms with Crippen molar-refractivity contribution >= 4 is 74.7 Å². The van der Waals surface area contributed by atoms with Crippen molar-refractivity contribution in [1.82, 2.24) is 19.9 Å². The Labute approximate surface area is 378 Å².